The van der Waals surface area contributed by atoms with Gasteiger partial charge in [0.05, 0.1) is 33.8 Å². The lowest BCUT2D eigenvalue weighted by Crippen LogP contribution is -2.35. The molecule has 0 unspecified atom stereocenters. The first-order valence-corrected chi connectivity index (χ1v) is 36.4. The predicted molar refractivity (Wildman–Crippen MR) is 290 cm³/mol. The quantitative estimate of drug-likeness (QED) is 0.0450. The van der Waals surface area contributed by atoms with E-state index in [0.717, 1.165) is 25.1 Å². The largest absolute Gasteiger partial charge is 0.456 e. The number of ether oxygens (including phenoxy) is 4. The monoisotopic (exact) mass is 1390 g/mol. The molecule has 67 heavy (non-hydrogen) atoms. The van der Waals surface area contributed by atoms with E-state index in [9.17, 15) is 21.9 Å². The maximum absolute atomic E-state index is 12.0. The Balaban J connectivity index is 0.000000174. The number of pyridine rings is 3. The lowest BCUT2D eigenvalue weighted by molar-refractivity contribution is 0.00336. The summed E-state index contributed by atoms with van der Waals surface area (Å²) in [6.45, 7) is 16.1. The van der Waals surface area contributed by atoms with E-state index in [4.69, 9.17) is 53.8 Å². The van der Waals surface area contributed by atoms with Crippen molar-refractivity contribution in [2.45, 2.75) is 112 Å². The second-order valence-corrected chi connectivity index (χ2v) is 37.8. The Labute approximate surface area is 447 Å². The highest BCUT2D eigenvalue weighted by Crippen LogP contribution is 2.33. The maximum atomic E-state index is 12.0. The Kier molecular flexibility index (Phi) is 18.4. The van der Waals surface area contributed by atoms with Crippen molar-refractivity contribution >= 4 is 172 Å². The zero-order valence-electron chi connectivity index (χ0n) is 37.8. The normalized spacial score (nSPS) is 18.9. The van der Waals surface area contributed by atoms with E-state index in [0.29, 0.717) is 85.4 Å². The summed E-state index contributed by atoms with van der Waals surface area (Å²) in [7, 11) is -9.02. The Morgan fingerprint density at radius 3 is 1.91 bits per heavy atom. The molecule has 2 saturated heterocycles. The Bertz CT molecular complexity index is 2950. The molecule has 2 N–H and O–H groups in total. The minimum absolute atomic E-state index is 0.0751. The molecule has 8 heterocycles. The zero-order chi connectivity index (χ0) is 49.4. The number of halogens is 6. The van der Waals surface area contributed by atoms with Gasteiger partial charge in [-0.2, -0.15) is 9.97 Å². The van der Waals surface area contributed by atoms with E-state index in [2.05, 4.69) is 96.8 Å². The standard InChI is InChI=1S/C18H25ClIN3O5Si.C14H21ClIN3O2SSi.C7H5ClIN3O2S/c1-29(2,3)5-4-25-9-23-17-11(6-10(19)16(20)22-17)21-18(23)28-13-8-27-14-12(24)7-26-15(13)14;1-22(20,21)14-17-11-9-10(15)12(16)18-13(11)19(14)7-5-6-8-23(2,3)4;1-15(13,14)7-10-4-2-3(8)5(9)11-6(4)12-7/h6,12-15,24H,4-5,7-9H2,1-3H3;9H,5-8H2,1-4H3;2H,1H3,(H,10,11,12)/t12-,13-,14-,15-;;/m1../s1. The number of aromatic nitrogens is 9. The van der Waals surface area contributed by atoms with Gasteiger partial charge in [-0.15, -0.1) is 0 Å². The molecule has 28 heteroatoms. The molecule has 0 bridgehead atoms. The molecule has 2 fully saturated rings. The Morgan fingerprint density at radius 1 is 0.746 bits per heavy atom. The second kappa shape index (κ2) is 22.3. The average Bonchev–Trinajstić information content (AvgIpc) is 4.03. The first-order valence-electron chi connectivity index (χ1n) is 20.8. The van der Waals surface area contributed by atoms with Crippen molar-refractivity contribution in [3.8, 4) is 6.01 Å². The maximum Gasteiger partial charge on any atom is 0.301 e. The van der Waals surface area contributed by atoms with Crippen LogP contribution in [-0.4, -0.2) is 139 Å². The van der Waals surface area contributed by atoms with Crippen molar-refractivity contribution in [1.82, 2.24) is 44.0 Å². The topological polar surface area (TPSA) is 228 Å². The molecule has 8 rings (SSSR count). The van der Waals surface area contributed by atoms with Crippen molar-refractivity contribution in [1.29, 1.82) is 0 Å². The van der Waals surface area contributed by atoms with Gasteiger partial charge in [-0.05, 0) is 98.4 Å². The SMILES string of the molecule is CS(=O)(=O)c1nc2nc(I)c(Cl)cc2[nH]1.C[Si](C)(C)CCCCn1c(S(C)(=O)=O)nc2cc(Cl)c(I)nc21.C[Si](C)(C)CCOCn1c(O[C@@H]2CO[C@H]3[C@@H]2OC[C@H]3O)nc2cc(Cl)c(I)nc21. The van der Waals surface area contributed by atoms with E-state index in [-0.39, 0.29) is 42.0 Å². The smallest absolute Gasteiger partial charge is 0.301 e. The third kappa shape index (κ3) is 14.5. The summed E-state index contributed by atoms with van der Waals surface area (Å²) in [6.07, 6.45) is 2.60. The van der Waals surface area contributed by atoms with Crippen molar-refractivity contribution in [3.63, 3.8) is 0 Å². The molecule has 0 saturated carbocycles. The zero-order valence-corrected chi connectivity index (χ0v) is 50.2. The molecule has 2 aliphatic heterocycles. The van der Waals surface area contributed by atoms with Crippen LogP contribution in [0.2, 0.25) is 66.4 Å². The summed E-state index contributed by atoms with van der Waals surface area (Å²) in [5, 5.41) is 11.4. The van der Waals surface area contributed by atoms with Gasteiger partial charge in [-0.25, -0.2) is 36.8 Å². The van der Waals surface area contributed by atoms with Gasteiger partial charge < -0.3 is 29.0 Å². The highest BCUT2D eigenvalue weighted by molar-refractivity contribution is 14.1. The van der Waals surface area contributed by atoms with E-state index < -0.39 is 41.9 Å². The Morgan fingerprint density at radius 2 is 1.31 bits per heavy atom. The van der Waals surface area contributed by atoms with Crippen LogP contribution in [0.4, 0.5) is 0 Å². The first kappa shape index (κ1) is 55.2. The molecule has 18 nitrogen and oxygen atoms in total. The molecule has 6 aromatic heterocycles. The van der Waals surface area contributed by atoms with Crippen LogP contribution in [0, 0.1) is 11.1 Å². The molecule has 0 aromatic carbocycles. The lowest BCUT2D eigenvalue weighted by Gasteiger charge is -2.19. The average molecular weight is 1400 g/mol. The number of H-pyrrole nitrogens is 1. The van der Waals surface area contributed by atoms with Crippen LogP contribution in [0.5, 0.6) is 6.01 Å². The van der Waals surface area contributed by atoms with Crippen molar-refractivity contribution in [2.75, 3.05) is 32.3 Å². The van der Waals surface area contributed by atoms with Gasteiger partial charge in [0.15, 0.2) is 23.0 Å². The molecule has 2 aliphatic rings. The van der Waals surface area contributed by atoms with Crippen LogP contribution in [0.1, 0.15) is 12.8 Å². The number of aliphatic hydroxyl groups is 1. The van der Waals surface area contributed by atoms with E-state index >= 15 is 0 Å². The second-order valence-electron chi connectivity index (χ2n) is 18.5. The number of fused-ring (bicyclic) bond motifs is 4. The highest BCUT2D eigenvalue weighted by Gasteiger charge is 2.49. The first-order chi connectivity index (χ1) is 31.1. The third-order valence-corrected chi connectivity index (χ3v) is 20.0. The van der Waals surface area contributed by atoms with Gasteiger partial charge in [0.2, 0.25) is 30.0 Å². The number of hydrogen-bond acceptors (Lipinski definition) is 15. The van der Waals surface area contributed by atoms with E-state index in [1.165, 1.54) is 12.3 Å². The van der Waals surface area contributed by atoms with Gasteiger partial charge in [0.25, 0.3) is 0 Å². The van der Waals surface area contributed by atoms with Crippen molar-refractivity contribution in [3.05, 3.63) is 44.4 Å². The van der Waals surface area contributed by atoms with Crippen LogP contribution in [0.15, 0.2) is 28.5 Å². The number of nitrogens with one attached hydrogen (secondary N) is 1. The van der Waals surface area contributed by atoms with Crippen LogP contribution in [0.25, 0.3) is 33.5 Å². The van der Waals surface area contributed by atoms with E-state index in [1.807, 2.05) is 49.7 Å². The number of imidazole rings is 3. The number of aliphatic hydroxyl groups excluding tert-OH is 1. The van der Waals surface area contributed by atoms with Gasteiger partial charge in [-0.3, -0.25) is 9.13 Å². The number of rotatable bonds is 14. The molecule has 0 radical (unpaired) electrons. The Hall–Kier alpha value is -1.11. The van der Waals surface area contributed by atoms with Gasteiger partial charge in [0, 0.05) is 41.8 Å². The minimum atomic E-state index is -3.41. The van der Waals surface area contributed by atoms with Crippen LogP contribution < -0.4 is 4.74 Å². The van der Waals surface area contributed by atoms with Crippen LogP contribution >= 0.6 is 103 Å². The summed E-state index contributed by atoms with van der Waals surface area (Å²) in [6, 6.07) is 7.74. The molecular formula is C39H51Cl3I3N9O9S2Si2. The van der Waals surface area contributed by atoms with Gasteiger partial charge in [0.1, 0.15) is 47.2 Å². The number of hydrogen-bond donors (Lipinski definition) is 2. The fraction of sp³-hybridized carbons (Fsp3) is 0.538. The van der Waals surface area contributed by atoms with Crippen molar-refractivity contribution < 1.29 is 40.9 Å². The fourth-order valence-electron chi connectivity index (χ4n) is 6.85. The lowest BCUT2D eigenvalue weighted by atomic mass is 10.1. The summed E-state index contributed by atoms with van der Waals surface area (Å²) < 4.78 is 75.4. The molecular weight excluding hydrogens is 1350 g/mol. The number of aryl methyl sites for hydroxylation is 1. The molecule has 0 spiro atoms. The third-order valence-electron chi connectivity index (χ3n) is 10.3. The van der Waals surface area contributed by atoms with Crippen LogP contribution in [0.3, 0.4) is 0 Å². The number of unbranched alkanes of at least 4 members (excludes halogenated alkanes) is 1. The van der Waals surface area contributed by atoms with Gasteiger partial charge in [-0.1, -0.05) is 86.5 Å². The molecule has 0 amide bonds. The molecule has 6 aromatic rings. The van der Waals surface area contributed by atoms with E-state index in [1.54, 1.807) is 22.8 Å². The molecule has 4 atom stereocenters. The van der Waals surface area contributed by atoms with Crippen LogP contribution in [-0.2, 0) is 47.2 Å². The number of nitrogens with zero attached hydrogens (tertiary/aromatic N) is 8. The summed E-state index contributed by atoms with van der Waals surface area (Å²) in [5.74, 6) is 0. The summed E-state index contributed by atoms with van der Waals surface area (Å²) >= 11 is 24.3. The predicted octanol–water partition coefficient (Wildman–Crippen LogP) is 8.74. The number of sulfone groups is 2. The summed E-state index contributed by atoms with van der Waals surface area (Å²) in [5.41, 5.74) is 3.28. The highest BCUT2D eigenvalue weighted by atomic mass is 127. The summed E-state index contributed by atoms with van der Waals surface area (Å²) in [4.78, 5) is 28.4. The van der Waals surface area contributed by atoms with Gasteiger partial charge >= 0.3 is 6.01 Å². The molecule has 0 aliphatic carbocycles. The fourth-order valence-corrected chi connectivity index (χ4v) is 11.9. The number of aromatic amines is 1. The van der Waals surface area contributed by atoms with Crippen molar-refractivity contribution in [2.24, 2.45) is 0 Å². The molecule has 368 valence electrons. The minimum Gasteiger partial charge on any atom is -0.456 e.